The number of hydrogen-bond acceptors (Lipinski definition) is 4. The van der Waals surface area contributed by atoms with Gasteiger partial charge in [0.05, 0.1) is 11.5 Å². The van der Waals surface area contributed by atoms with E-state index in [0.717, 1.165) is 9.35 Å². The first-order valence-electron chi connectivity index (χ1n) is 5.06. The molecule has 0 bridgehead atoms. The molecule has 0 aliphatic rings. The highest BCUT2D eigenvalue weighted by Gasteiger charge is 2.09. The van der Waals surface area contributed by atoms with Gasteiger partial charge in [0.1, 0.15) is 0 Å². The molecule has 88 valence electrons. The third kappa shape index (κ3) is 4.45. The van der Waals surface area contributed by atoms with Gasteiger partial charge in [-0.1, -0.05) is 0 Å². The number of thiophene rings is 1. The predicted molar refractivity (Wildman–Crippen MR) is 66.8 cm³/mol. The van der Waals surface area contributed by atoms with Crippen molar-refractivity contribution in [3.05, 3.63) is 20.8 Å². The lowest BCUT2D eigenvalue weighted by Crippen LogP contribution is -2.05. The molecule has 0 N–H and O–H groups in total. The normalized spacial score (nSPS) is 10.1. The molecule has 0 fully saturated rings. The summed E-state index contributed by atoms with van der Waals surface area (Å²) in [5.41, 5.74) is 0. The van der Waals surface area contributed by atoms with Gasteiger partial charge in [0.25, 0.3) is 0 Å². The second kappa shape index (κ2) is 6.81. The minimum atomic E-state index is -0.234. The zero-order valence-corrected chi connectivity index (χ0v) is 11.4. The summed E-state index contributed by atoms with van der Waals surface area (Å²) in [4.78, 5) is 23.4. The quantitative estimate of drug-likeness (QED) is 0.597. The van der Waals surface area contributed by atoms with Crippen LogP contribution in [0, 0.1) is 0 Å². The van der Waals surface area contributed by atoms with E-state index in [1.165, 1.54) is 11.3 Å². The molecule has 0 aromatic carbocycles. The Labute approximate surface area is 107 Å². The van der Waals surface area contributed by atoms with Crippen LogP contribution in [0.25, 0.3) is 0 Å². The number of carbonyl (C=O) groups is 2. The number of hydrogen-bond donors (Lipinski definition) is 0. The maximum atomic E-state index is 11.6. The van der Waals surface area contributed by atoms with Gasteiger partial charge in [-0.25, -0.2) is 0 Å². The first-order chi connectivity index (χ1) is 7.63. The van der Waals surface area contributed by atoms with Crippen LogP contribution >= 0.6 is 27.3 Å². The third-order valence-corrected chi connectivity index (χ3v) is 3.66. The zero-order chi connectivity index (χ0) is 12.0. The Kier molecular flexibility index (Phi) is 5.69. The SMILES string of the molecule is CCOC(=O)CCCC(=O)c1cc(Br)cs1. The summed E-state index contributed by atoms with van der Waals surface area (Å²) in [7, 11) is 0. The van der Waals surface area contributed by atoms with E-state index in [9.17, 15) is 9.59 Å². The molecule has 0 saturated heterocycles. The van der Waals surface area contributed by atoms with Gasteiger partial charge in [-0.15, -0.1) is 11.3 Å². The van der Waals surface area contributed by atoms with Crippen molar-refractivity contribution < 1.29 is 14.3 Å². The largest absolute Gasteiger partial charge is 0.466 e. The number of esters is 1. The molecule has 0 atom stereocenters. The van der Waals surface area contributed by atoms with E-state index in [1.54, 1.807) is 13.0 Å². The highest BCUT2D eigenvalue weighted by atomic mass is 79.9. The Bertz CT molecular complexity index is 373. The van der Waals surface area contributed by atoms with Crippen molar-refractivity contribution in [3.63, 3.8) is 0 Å². The van der Waals surface area contributed by atoms with Crippen molar-refractivity contribution in [2.45, 2.75) is 26.2 Å². The molecule has 0 radical (unpaired) electrons. The van der Waals surface area contributed by atoms with Crippen molar-refractivity contribution >= 4 is 39.0 Å². The Morgan fingerprint density at radius 3 is 2.75 bits per heavy atom. The molecular formula is C11H13BrO3S. The van der Waals surface area contributed by atoms with Gasteiger partial charge in [-0.3, -0.25) is 9.59 Å². The summed E-state index contributed by atoms with van der Waals surface area (Å²) in [6.07, 6.45) is 1.26. The van der Waals surface area contributed by atoms with E-state index in [1.807, 2.05) is 5.38 Å². The van der Waals surface area contributed by atoms with Crippen LogP contribution in [0.15, 0.2) is 15.9 Å². The lowest BCUT2D eigenvalue weighted by Gasteiger charge is -2.00. The number of Topliss-reactive ketones (excluding diaryl/α,β-unsaturated/α-hetero) is 1. The minimum absolute atomic E-state index is 0.0833. The van der Waals surface area contributed by atoms with Gasteiger partial charge < -0.3 is 4.74 Å². The number of halogens is 1. The molecule has 5 heteroatoms. The molecule has 0 amide bonds. The summed E-state index contributed by atoms with van der Waals surface area (Å²) in [5, 5.41) is 1.87. The minimum Gasteiger partial charge on any atom is -0.466 e. The van der Waals surface area contributed by atoms with Crippen LogP contribution in [0.1, 0.15) is 35.9 Å². The van der Waals surface area contributed by atoms with E-state index < -0.39 is 0 Å². The van der Waals surface area contributed by atoms with Gasteiger partial charge in [0, 0.05) is 22.7 Å². The average Bonchev–Trinajstić information content (AvgIpc) is 2.65. The fourth-order valence-electron chi connectivity index (χ4n) is 1.21. The second-order valence-corrected chi connectivity index (χ2v) is 5.04. The maximum Gasteiger partial charge on any atom is 0.305 e. The van der Waals surface area contributed by atoms with Gasteiger partial charge >= 0.3 is 5.97 Å². The lowest BCUT2D eigenvalue weighted by atomic mass is 10.1. The molecule has 0 unspecified atom stereocenters. The van der Waals surface area contributed by atoms with Crippen LogP contribution in [-0.2, 0) is 9.53 Å². The van der Waals surface area contributed by atoms with Crippen LogP contribution < -0.4 is 0 Å². The number of carbonyl (C=O) groups excluding carboxylic acids is 2. The number of ether oxygens (including phenoxy) is 1. The summed E-state index contributed by atoms with van der Waals surface area (Å²) in [6.45, 7) is 2.16. The highest BCUT2D eigenvalue weighted by molar-refractivity contribution is 9.10. The van der Waals surface area contributed by atoms with Crippen LogP contribution in [0.4, 0.5) is 0 Å². The number of rotatable bonds is 6. The summed E-state index contributed by atoms with van der Waals surface area (Å²) >= 11 is 4.71. The Morgan fingerprint density at radius 2 is 2.19 bits per heavy atom. The molecule has 1 aromatic rings. The molecular weight excluding hydrogens is 292 g/mol. The Hall–Kier alpha value is -0.680. The smallest absolute Gasteiger partial charge is 0.305 e. The molecule has 0 aliphatic carbocycles. The summed E-state index contributed by atoms with van der Waals surface area (Å²) in [6, 6.07) is 1.80. The fraction of sp³-hybridized carbons (Fsp3) is 0.455. The molecule has 1 rings (SSSR count). The Morgan fingerprint density at radius 1 is 1.44 bits per heavy atom. The molecule has 0 aliphatic heterocycles. The van der Waals surface area contributed by atoms with E-state index in [2.05, 4.69) is 15.9 Å². The molecule has 1 aromatic heterocycles. The molecule has 0 spiro atoms. The third-order valence-electron chi connectivity index (χ3n) is 1.93. The molecule has 0 saturated carbocycles. The summed E-state index contributed by atoms with van der Waals surface area (Å²) < 4.78 is 5.70. The van der Waals surface area contributed by atoms with E-state index in [-0.39, 0.29) is 11.8 Å². The van der Waals surface area contributed by atoms with Crippen molar-refractivity contribution in [1.29, 1.82) is 0 Å². The fourth-order valence-corrected chi connectivity index (χ4v) is 2.61. The molecule has 16 heavy (non-hydrogen) atoms. The van der Waals surface area contributed by atoms with Gasteiger partial charge in [0.15, 0.2) is 5.78 Å². The van der Waals surface area contributed by atoms with E-state index in [4.69, 9.17) is 4.74 Å². The van der Waals surface area contributed by atoms with Crippen LogP contribution in [0.2, 0.25) is 0 Å². The maximum absolute atomic E-state index is 11.6. The monoisotopic (exact) mass is 304 g/mol. The van der Waals surface area contributed by atoms with Crippen LogP contribution in [0.3, 0.4) is 0 Å². The van der Waals surface area contributed by atoms with Crippen LogP contribution in [-0.4, -0.2) is 18.4 Å². The van der Waals surface area contributed by atoms with Crippen molar-refractivity contribution in [3.8, 4) is 0 Å². The summed E-state index contributed by atoms with van der Waals surface area (Å²) in [5.74, 6) is -0.150. The lowest BCUT2D eigenvalue weighted by molar-refractivity contribution is -0.143. The van der Waals surface area contributed by atoms with Crippen molar-refractivity contribution in [1.82, 2.24) is 0 Å². The van der Waals surface area contributed by atoms with Crippen LogP contribution in [0.5, 0.6) is 0 Å². The topological polar surface area (TPSA) is 43.4 Å². The standard InChI is InChI=1S/C11H13BrO3S/c1-2-15-11(14)5-3-4-9(13)10-6-8(12)7-16-10/h6-7H,2-5H2,1H3. The highest BCUT2D eigenvalue weighted by Crippen LogP contribution is 2.21. The molecule has 3 nitrogen and oxygen atoms in total. The molecule has 1 heterocycles. The van der Waals surface area contributed by atoms with Crippen molar-refractivity contribution in [2.24, 2.45) is 0 Å². The van der Waals surface area contributed by atoms with Gasteiger partial charge in [0.2, 0.25) is 0 Å². The zero-order valence-electron chi connectivity index (χ0n) is 8.99. The average molecular weight is 305 g/mol. The van der Waals surface area contributed by atoms with Crippen molar-refractivity contribution in [2.75, 3.05) is 6.61 Å². The predicted octanol–water partition coefficient (Wildman–Crippen LogP) is 3.43. The Balaban J connectivity index is 2.28. The second-order valence-electron chi connectivity index (χ2n) is 3.21. The van der Waals surface area contributed by atoms with Gasteiger partial charge in [-0.05, 0) is 35.3 Å². The first-order valence-corrected chi connectivity index (χ1v) is 6.73. The van der Waals surface area contributed by atoms with E-state index >= 15 is 0 Å². The van der Waals surface area contributed by atoms with E-state index in [0.29, 0.717) is 25.9 Å². The van der Waals surface area contributed by atoms with Gasteiger partial charge in [-0.2, -0.15) is 0 Å². The number of ketones is 1. The first kappa shape index (κ1) is 13.4.